The van der Waals surface area contributed by atoms with Gasteiger partial charge in [-0.2, -0.15) is 9.29 Å². The maximum atomic E-state index is 12.9. The maximum absolute atomic E-state index is 12.9. The van der Waals surface area contributed by atoms with E-state index in [1.807, 2.05) is 19.1 Å². The van der Waals surface area contributed by atoms with Gasteiger partial charge in [-0.25, -0.2) is 8.42 Å². The van der Waals surface area contributed by atoms with Crippen LogP contribution in [0.1, 0.15) is 42.5 Å². The normalized spacial score (nSPS) is 20.2. The van der Waals surface area contributed by atoms with Crippen molar-refractivity contribution in [1.29, 1.82) is 0 Å². The van der Waals surface area contributed by atoms with Crippen LogP contribution in [0.2, 0.25) is 0 Å². The lowest BCUT2D eigenvalue weighted by Crippen LogP contribution is -2.35. The largest absolute Gasteiger partial charge is 0.338 e. The molecule has 8 heteroatoms. The molecule has 2 aliphatic rings. The lowest BCUT2D eigenvalue weighted by Gasteiger charge is -2.21. The molecule has 0 radical (unpaired) electrons. The van der Waals surface area contributed by atoms with Gasteiger partial charge in [0.15, 0.2) is 5.82 Å². The standard InChI is InChI=1S/C18H24N4O3S/c1-14-3-7-16(8-4-14)26(23,24)22-10-2-9-21(11-12-22)13-17-19-18(20-25-17)15-5-6-15/h3-4,7-8,15H,2,5-6,9-13H2,1H3. The van der Waals surface area contributed by atoms with Crippen LogP contribution in [0.3, 0.4) is 0 Å². The van der Waals surface area contributed by atoms with Crippen LogP contribution in [0, 0.1) is 6.92 Å². The van der Waals surface area contributed by atoms with Crippen molar-refractivity contribution in [2.75, 3.05) is 26.2 Å². The summed E-state index contributed by atoms with van der Waals surface area (Å²) in [5.74, 6) is 1.92. The molecule has 26 heavy (non-hydrogen) atoms. The predicted molar refractivity (Wildman–Crippen MR) is 96.1 cm³/mol. The Bertz CT molecular complexity index is 859. The summed E-state index contributed by atoms with van der Waals surface area (Å²) < 4.78 is 32.7. The highest BCUT2D eigenvalue weighted by Crippen LogP contribution is 2.38. The first-order chi connectivity index (χ1) is 12.5. The zero-order chi connectivity index (χ0) is 18.1. The van der Waals surface area contributed by atoms with Gasteiger partial charge in [-0.1, -0.05) is 22.9 Å². The minimum absolute atomic E-state index is 0.363. The molecule has 0 atom stereocenters. The zero-order valence-electron chi connectivity index (χ0n) is 15.0. The average molecular weight is 376 g/mol. The number of nitrogens with zero attached hydrogens (tertiary/aromatic N) is 4. The second kappa shape index (κ2) is 7.09. The second-order valence-electron chi connectivity index (χ2n) is 7.17. The van der Waals surface area contributed by atoms with E-state index in [1.54, 1.807) is 16.4 Å². The molecule has 1 aliphatic carbocycles. The van der Waals surface area contributed by atoms with Gasteiger partial charge in [-0.3, -0.25) is 4.90 Å². The monoisotopic (exact) mass is 376 g/mol. The van der Waals surface area contributed by atoms with Crippen LogP contribution >= 0.6 is 0 Å². The highest BCUT2D eigenvalue weighted by Gasteiger charge is 2.30. The van der Waals surface area contributed by atoms with Crippen LogP contribution in [-0.4, -0.2) is 53.9 Å². The molecule has 0 spiro atoms. The molecule has 2 aromatic rings. The Kier molecular flexibility index (Phi) is 4.81. The van der Waals surface area contributed by atoms with Crippen LogP contribution in [-0.2, 0) is 16.6 Å². The molecule has 0 bridgehead atoms. The Morgan fingerprint density at radius 1 is 1.12 bits per heavy atom. The fourth-order valence-electron chi connectivity index (χ4n) is 3.24. The molecule has 140 valence electrons. The van der Waals surface area contributed by atoms with Crippen LogP contribution in [0.25, 0.3) is 0 Å². The zero-order valence-corrected chi connectivity index (χ0v) is 15.8. The number of hydrogen-bond acceptors (Lipinski definition) is 6. The molecule has 1 aliphatic heterocycles. The van der Waals surface area contributed by atoms with Crippen LogP contribution in [0.15, 0.2) is 33.7 Å². The van der Waals surface area contributed by atoms with Gasteiger partial charge >= 0.3 is 0 Å². The molecule has 1 saturated carbocycles. The molecule has 7 nitrogen and oxygen atoms in total. The van der Waals surface area contributed by atoms with Crippen molar-refractivity contribution in [3.05, 3.63) is 41.5 Å². The highest BCUT2D eigenvalue weighted by molar-refractivity contribution is 7.89. The van der Waals surface area contributed by atoms with Gasteiger partial charge < -0.3 is 4.52 Å². The summed E-state index contributed by atoms with van der Waals surface area (Å²) in [5, 5.41) is 4.05. The summed E-state index contributed by atoms with van der Waals surface area (Å²) in [6, 6.07) is 7.05. The van der Waals surface area contributed by atoms with Crippen molar-refractivity contribution < 1.29 is 12.9 Å². The first-order valence-electron chi connectivity index (χ1n) is 9.14. The molecule has 1 saturated heterocycles. The molecular formula is C18H24N4O3S. The Balaban J connectivity index is 1.39. The summed E-state index contributed by atoms with van der Waals surface area (Å²) in [6.07, 6.45) is 3.08. The SMILES string of the molecule is Cc1ccc(S(=O)(=O)N2CCCN(Cc3nc(C4CC4)no3)CC2)cc1. The summed E-state index contributed by atoms with van der Waals surface area (Å²) in [5.41, 5.74) is 1.05. The Morgan fingerprint density at radius 3 is 2.62 bits per heavy atom. The van der Waals surface area contributed by atoms with E-state index in [1.165, 1.54) is 0 Å². The van der Waals surface area contributed by atoms with E-state index < -0.39 is 10.0 Å². The molecule has 2 fully saturated rings. The van der Waals surface area contributed by atoms with Crippen molar-refractivity contribution in [3.63, 3.8) is 0 Å². The number of aryl methyl sites for hydroxylation is 1. The highest BCUT2D eigenvalue weighted by atomic mass is 32.2. The van der Waals surface area contributed by atoms with Crippen molar-refractivity contribution in [3.8, 4) is 0 Å². The van der Waals surface area contributed by atoms with E-state index in [0.29, 0.717) is 42.9 Å². The Labute approximate surface area is 154 Å². The molecule has 0 N–H and O–H groups in total. The van der Waals surface area contributed by atoms with Crippen molar-refractivity contribution in [1.82, 2.24) is 19.3 Å². The number of benzene rings is 1. The van der Waals surface area contributed by atoms with Gasteiger partial charge in [0.1, 0.15) is 0 Å². The van der Waals surface area contributed by atoms with Crippen molar-refractivity contribution in [2.24, 2.45) is 0 Å². The molecule has 0 amide bonds. The topological polar surface area (TPSA) is 79.5 Å². The first-order valence-corrected chi connectivity index (χ1v) is 10.6. The lowest BCUT2D eigenvalue weighted by atomic mass is 10.2. The van der Waals surface area contributed by atoms with Gasteiger partial charge in [0.25, 0.3) is 0 Å². The fourth-order valence-corrected chi connectivity index (χ4v) is 4.71. The third-order valence-electron chi connectivity index (χ3n) is 4.99. The number of hydrogen-bond donors (Lipinski definition) is 0. The Hall–Kier alpha value is -1.77. The summed E-state index contributed by atoms with van der Waals surface area (Å²) in [6.45, 7) is 5.02. The number of sulfonamides is 1. The van der Waals surface area contributed by atoms with E-state index in [2.05, 4.69) is 15.0 Å². The maximum Gasteiger partial charge on any atom is 0.243 e. The van der Waals surface area contributed by atoms with Crippen molar-refractivity contribution in [2.45, 2.75) is 43.5 Å². The number of rotatable bonds is 5. The third-order valence-corrected chi connectivity index (χ3v) is 6.90. The molecule has 0 unspecified atom stereocenters. The quantitative estimate of drug-likeness (QED) is 0.796. The third kappa shape index (κ3) is 3.82. The van der Waals surface area contributed by atoms with E-state index in [-0.39, 0.29) is 0 Å². The lowest BCUT2D eigenvalue weighted by molar-refractivity contribution is 0.235. The number of aromatic nitrogens is 2. The molecule has 1 aromatic heterocycles. The van der Waals surface area contributed by atoms with Gasteiger partial charge in [0, 0.05) is 25.6 Å². The molecule has 2 heterocycles. The van der Waals surface area contributed by atoms with Gasteiger partial charge in [-0.05, 0) is 44.9 Å². The van der Waals surface area contributed by atoms with Gasteiger partial charge in [-0.15, -0.1) is 0 Å². The first kappa shape index (κ1) is 17.6. The minimum Gasteiger partial charge on any atom is -0.338 e. The van der Waals surface area contributed by atoms with Crippen molar-refractivity contribution >= 4 is 10.0 Å². The molecule has 4 rings (SSSR count). The van der Waals surface area contributed by atoms with Crippen LogP contribution in [0.4, 0.5) is 0 Å². The fraction of sp³-hybridized carbons (Fsp3) is 0.556. The molecule has 1 aromatic carbocycles. The van der Waals surface area contributed by atoms with Gasteiger partial charge in [0.05, 0.1) is 11.4 Å². The minimum atomic E-state index is -3.44. The van der Waals surface area contributed by atoms with E-state index in [4.69, 9.17) is 4.52 Å². The second-order valence-corrected chi connectivity index (χ2v) is 9.11. The van der Waals surface area contributed by atoms with Crippen LogP contribution in [0.5, 0.6) is 0 Å². The summed E-state index contributed by atoms with van der Waals surface area (Å²) in [4.78, 5) is 7.02. The average Bonchev–Trinajstić information content (AvgIpc) is 3.40. The van der Waals surface area contributed by atoms with E-state index in [0.717, 1.165) is 37.2 Å². The summed E-state index contributed by atoms with van der Waals surface area (Å²) in [7, 11) is -3.44. The molecular weight excluding hydrogens is 352 g/mol. The Morgan fingerprint density at radius 2 is 1.88 bits per heavy atom. The van der Waals surface area contributed by atoms with Crippen LogP contribution < -0.4 is 0 Å². The smallest absolute Gasteiger partial charge is 0.243 e. The van der Waals surface area contributed by atoms with Gasteiger partial charge in [0.2, 0.25) is 15.9 Å². The summed E-state index contributed by atoms with van der Waals surface area (Å²) >= 11 is 0. The predicted octanol–water partition coefficient (Wildman–Crippen LogP) is 2.15. The van der Waals surface area contributed by atoms with E-state index in [9.17, 15) is 8.42 Å². The van der Waals surface area contributed by atoms with E-state index >= 15 is 0 Å².